The fourth-order valence-electron chi connectivity index (χ4n) is 1.68. The summed E-state index contributed by atoms with van der Waals surface area (Å²) >= 11 is 0. The molecule has 0 aliphatic rings. The van der Waals surface area contributed by atoms with Gasteiger partial charge in [0.1, 0.15) is 12.1 Å². The smallest absolute Gasteiger partial charge is 0.255 e. The third kappa shape index (κ3) is 3.04. The first-order chi connectivity index (χ1) is 9.10. The predicted octanol–water partition coefficient (Wildman–Crippen LogP) is 3.20. The van der Waals surface area contributed by atoms with E-state index in [1.807, 2.05) is 0 Å². The lowest BCUT2D eigenvalue weighted by Gasteiger charge is -2.06. The summed E-state index contributed by atoms with van der Waals surface area (Å²) in [5.74, 6) is -0.689. The van der Waals surface area contributed by atoms with Gasteiger partial charge in [0.2, 0.25) is 0 Å². The van der Waals surface area contributed by atoms with Crippen LogP contribution in [-0.4, -0.2) is 12.2 Å². The number of carbonyl (C=O) groups is 2. The molecule has 19 heavy (non-hydrogen) atoms. The van der Waals surface area contributed by atoms with Crippen LogP contribution in [0.1, 0.15) is 26.3 Å². The van der Waals surface area contributed by atoms with Gasteiger partial charge in [0, 0.05) is 16.8 Å². The Morgan fingerprint density at radius 2 is 2.00 bits per heavy atom. The highest BCUT2D eigenvalue weighted by atomic mass is 19.1. The van der Waals surface area contributed by atoms with Gasteiger partial charge in [0.15, 0.2) is 0 Å². The Morgan fingerprint density at radius 1 is 1.21 bits per heavy atom. The van der Waals surface area contributed by atoms with Crippen molar-refractivity contribution >= 4 is 17.9 Å². The number of carbonyl (C=O) groups excluding carboxylic acids is 2. The molecule has 0 saturated carbocycles. The zero-order valence-electron chi connectivity index (χ0n) is 10.3. The largest absolute Gasteiger partial charge is 0.322 e. The Morgan fingerprint density at radius 3 is 2.68 bits per heavy atom. The van der Waals surface area contributed by atoms with Crippen molar-refractivity contribution in [1.29, 1.82) is 0 Å². The Balaban J connectivity index is 2.20. The van der Waals surface area contributed by atoms with Gasteiger partial charge in [-0.05, 0) is 42.8 Å². The molecule has 1 N–H and O–H groups in total. The molecule has 0 heterocycles. The predicted molar refractivity (Wildman–Crippen MR) is 70.9 cm³/mol. The van der Waals surface area contributed by atoms with Crippen LogP contribution < -0.4 is 5.32 Å². The number of benzene rings is 2. The Hall–Kier alpha value is -2.49. The number of hydrogen-bond acceptors (Lipinski definition) is 2. The minimum Gasteiger partial charge on any atom is -0.322 e. The van der Waals surface area contributed by atoms with E-state index < -0.39 is 0 Å². The summed E-state index contributed by atoms with van der Waals surface area (Å²) in [6.07, 6.45) is 0.706. The van der Waals surface area contributed by atoms with E-state index in [-0.39, 0.29) is 11.7 Å². The number of aldehydes is 1. The Labute approximate surface area is 110 Å². The van der Waals surface area contributed by atoms with Crippen LogP contribution in [0.15, 0.2) is 42.5 Å². The highest BCUT2D eigenvalue weighted by Crippen LogP contribution is 2.13. The number of anilines is 1. The number of hydrogen-bond donors (Lipinski definition) is 1. The van der Waals surface area contributed by atoms with E-state index in [0.29, 0.717) is 28.7 Å². The molecule has 0 radical (unpaired) electrons. The van der Waals surface area contributed by atoms with Crippen LogP contribution in [-0.2, 0) is 0 Å². The zero-order valence-corrected chi connectivity index (χ0v) is 10.3. The number of aryl methyl sites for hydroxylation is 1. The molecule has 96 valence electrons. The fourth-order valence-corrected chi connectivity index (χ4v) is 1.68. The molecule has 3 nitrogen and oxygen atoms in total. The van der Waals surface area contributed by atoms with Gasteiger partial charge < -0.3 is 5.32 Å². The minimum atomic E-state index is -0.348. The van der Waals surface area contributed by atoms with Crippen molar-refractivity contribution in [1.82, 2.24) is 0 Å². The standard InChI is InChI=1S/C15H12FNO2/c1-10-7-12(5-6-14(10)16)15(19)17-13-4-2-3-11(8-13)9-18/h2-9H,1H3,(H,17,19). The van der Waals surface area contributed by atoms with Gasteiger partial charge in [0.05, 0.1) is 0 Å². The summed E-state index contributed by atoms with van der Waals surface area (Å²) in [4.78, 5) is 22.6. The first kappa shape index (κ1) is 13.0. The summed E-state index contributed by atoms with van der Waals surface area (Å²) in [5, 5.41) is 2.66. The Bertz CT molecular complexity index is 638. The van der Waals surface area contributed by atoms with Crippen molar-refractivity contribution in [3.63, 3.8) is 0 Å². The minimum absolute atomic E-state index is 0.342. The molecule has 0 saturated heterocycles. The maximum atomic E-state index is 13.1. The topological polar surface area (TPSA) is 46.2 Å². The fraction of sp³-hybridized carbons (Fsp3) is 0.0667. The van der Waals surface area contributed by atoms with Crippen LogP contribution in [0.5, 0.6) is 0 Å². The summed E-state index contributed by atoms with van der Waals surface area (Å²) in [6, 6.07) is 10.7. The van der Waals surface area contributed by atoms with E-state index in [1.165, 1.54) is 18.2 Å². The highest BCUT2D eigenvalue weighted by molar-refractivity contribution is 6.04. The van der Waals surface area contributed by atoms with E-state index in [9.17, 15) is 14.0 Å². The summed E-state index contributed by atoms with van der Waals surface area (Å²) in [5.41, 5.74) is 1.79. The van der Waals surface area contributed by atoms with Gasteiger partial charge in [0.25, 0.3) is 5.91 Å². The number of rotatable bonds is 3. The molecule has 0 spiro atoms. The van der Waals surface area contributed by atoms with Crippen molar-refractivity contribution in [3.8, 4) is 0 Å². The van der Waals surface area contributed by atoms with Crippen molar-refractivity contribution in [3.05, 3.63) is 65.0 Å². The first-order valence-electron chi connectivity index (χ1n) is 5.73. The third-order valence-electron chi connectivity index (χ3n) is 2.70. The molecule has 0 aliphatic heterocycles. The third-order valence-corrected chi connectivity index (χ3v) is 2.70. The molecule has 0 atom stereocenters. The van der Waals surface area contributed by atoms with E-state index >= 15 is 0 Å². The number of amides is 1. The number of halogens is 1. The summed E-state index contributed by atoms with van der Waals surface area (Å²) in [6.45, 7) is 1.60. The van der Waals surface area contributed by atoms with Gasteiger partial charge >= 0.3 is 0 Å². The average Bonchev–Trinajstić information content (AvgIpc) is 2.42. The maximum absolute atomic E-state index is 13.1. The Kier molecular flexibility index (Phi) is 3.71. The van der Waals surface area contributed by atoms with Gasteiger partial charge in [-0.3, -0.25) is 9.59 Å². The molecule has 1 amide bonds. The molecule has 4 heteroatoms. The lowest BCUT2D eigenvalue weighted by Crippen LogP contribution is -2.12. The highest BCUT2D eigenvalue weighted by Gasteiger charge is 2.08. The van der Waals surface area contributed by atoms with Gasteiger partial charge in [-0.1, -0.05) is 12.1 Å². The van der Waals surface area contributed by atoms with E-state index in [4.69, 9.17) is 0 Å². The van der Waals surface area contributed by atoms with Crippen molar-refractivity contribution < 1.29 is 14.0 Å². The molecule has 0 bridgehead atoms. The first-order valence-corrected chi connectivity index (χ1v) is 5.73. The molecule has 0 aromatic heterocycles. The van der Waals surface area contributed by atoms with Crippen molar-refractivity contribution in [2.45, 2.75) is 6.92 Å². The lowest BCUT2D eigenvalue weighted by atomic mass is 10.1. The molecule has 0 unspecified atom stereocenters. The molecule has 2 aromatic carbocycles. The molecule has 0 fully saturated rings. The summed E-state index contributed by atoms with van der Waals surface area (Å²) < 4.78 is 13.1. The zero-order chi connectivity index (χ0) is 13.8. The van der Waals surface area contributed by atoms with E-state index in [0.717, 1.165) is 0 Å². The maximum Gasteiger partial charge on any atom is 0.255 e. The molecular formula is C15H12FNO2. The van der Waals surface area contributed by atoms with Crippen LogP contribution in [0.25, 0.3) is 0 Å². The molecule has 2 aromatic rings. The van der Waals surface area contributed by atoms with Crippen LogP contribution in [0.4, 0.5) is 10.1 Å². The van der Waals surface area contributed by atoms with Crippen molar-refractivity contribution in [2.75, 3.05) is 5.32 Å². The lowest BCUT2D eigenvalue weighted by molar-refractivity contribution is 0.102. The van der Waals surface area contributed by atoms with E-state index in [2.05, 4.69) is 5.32 Å². The van der Waals surface area contributed by atoms with Crippen LogP contribution in [0, 0.1) is 12.7 Å². The van der Waals surface area contributed by atoms with Crippen LogP contribution in [0.3, 0.4) is 0 Å². The van der Waals surface area contributed by atoms with Gasteiger partial charge in [-0.15, -0.1) is 0 Å². The normalized spacial score (nSPS) is 10.0. The van der Waals surface area contributed by atoms with Gasteiger partial charge in [-0.2, -0.15) is 0 Å². The molecule has 0 aliphatic carbocycles. The summed E-state index contributed by atoms with van der Waals surface area (Å²) in [7, 11) is 0. The quantitative estimate of drug-likeness (QED) is 0.858. The average molecular weight is 257 g/mol. The second kappa shape index (κ2) is 5.44. The SMILES string of the molecule is Cc1cc(C(=O)Nc2cccc(C=O)c2)ccc1F. The van der Waals surface area contributed by atoms with Crippen molar-refractivity contribution in [2.24, 2.45) is 0 Å². The van der Waals surface area contributed by atoms with Crippen LogP contribution >= 0.6 is 0 Å². The number of nitrogens with one attached hydrogen (secondary N) is 1. The second-order valence-electron chi connectivity index (χ2n) is 4.16. The van der Waals surface area contributed by atoms with Crippen LogP contribution in [0.2, 0.25) is 0 Å². The second-order valence-corrected chi connectivity index (χ2v) is 4.16. The monoisotopic (exact) mass is 257 g/mol. The molecular weight excluding hydrogens is 245 g/mol. The van der Waals surface area contributed by atoms with E-state index in [1.54, 1.807) is 31.2 Å². The molecule has 2 rings (SSSR count). The van der Waals surface area contributed by atoms with Gasteiger partial charge in [-0.25, -0.2) is 4.39 Å².